The number of carbonyl (C=O) groups is 2. The minimum atomic E-state index is -1.43. The summed E-state index contributed by atoms with van der Waals surface area (Å²) < 4.78 is 10.4. The van der Waals surface area contributed by atoms with Gasteiger partial charge in [-0.25, -0.2) is 0 Å². The molecule has 0 aliphatic rings. The summed E-state index contributed by atoms with van der Waals surface area (Å²) in [7, 11) is 3.04. The molecule has 5 heteroatoms. The third kappa shape index (κ3) is 2.92. The molecule has 0 amide bonds. The number of methoxy groups -OCH3 is 2. The van der Waals surface area contributed by atoms with Crippen molar-refractivity contribution < 1.29 is 24.2 Å². The van der Waals surface area contributed by atoms with Crippen molar-refractivity contribution in [1.82, 2.24) is 0 Å². The second-order valence-corrected chi connectivity index (χ2v) is 4.65. The summed E-state index contributed by atoms with van der Waals surface area (Å²) in [6, 6.07) is 5.14. The summed E-state index contributed by atoms with van der Waals surface area (Å²) in [5.41, 5.74) is -0.786. The molecule has 1 atom stereocenters. The van der Waals surface area contributed by atoms with Crippen molar-refractivity contribution >= 4 is 11.8 Å². The number of ether oxygens (including phenoxy) is 2. The van der Waals surface area contributed by atoms with E-state index in [4.69, 9.17) is 9.47 Å². The molecule has 0 heterocycles. The predicted molar refractivity (Wildman–Crippen MR) is 74.3 cm³/mol. The highest BCUT2D eigenvalue weighted by Crippen LogP contribution is 2.34. The normalized spacial score (nSPS) is 13.4. The van der Waals surface area contributed by atoms with Crippen molar-refractivity contribution in [1.29, 1.82) is 0 Å². The van der Waals surface area contributed by atoms with E-state index >= 15 is 0 Å². The van der Waals surface area contributed by atoms with Gasteiger partial charge in [-0.2, -0.15) is 0 Å². The summed E-state index contributed by atoms with van der Waals surface area (Å²) in [5, 5.41) is 9.45. The fourth-order valence-electron chi connectivity index (χ4n) is 2.22. The average Bonchev–Trinajstić information content (AvgIpc) is 2.43. The maximum Gasteiger partial charge on any atom is 0.317 e. The number of benzene rings is 1. The Morgan fingerprint density at radius 3 is 2.30 bits per heavy atom. The van der Waals surface area contributed by atoms with E-state index in [0.717, 1.165) is 0 Å². The molecule has 1 rings (SSSR count). The van der Waals surface area contributed by atoms with E-state index in [2.05, 4.69) is 0 Å². The second-order valence-electron chi connectivity index (χ2n) is 4.65. The van der Waals surface area contributed by atoms with Crippen LogP contribution in [0, 0.1) is 5.41 Å². The van der Waals surface area contributed by atoms with Gasteiger partial charge >= 0.3 is 5.97 Å². The molecular weight excluding hydrogens is 260 g/mol. The monoisotopic (exact) mass is 280 g/mol. The van der Waals surface area contributed by atoms with Gasteiger partial charge in [-0.1, -0.05) is 6.92 Å². The highest BCUT2D eigenvalue weighted by atomic mass is 16.5. The maximum absolute atomic E-state index is 11.8. The fraction of sp³-hybridized carbons (Fsp3) is 0.467. The van der Waals surface area contributed by atoms with Gasteiger partial charge in [0.05, 0.1) is 14.2 Å². The van der Waals surface area contributed by atoms with Crippen LogP contribution in [0.15, 0.2) is 18.2 Å². The van der Waals surface area contributed by atoms with E-state index in [0.29, 0.717) is 17.1 Å². The van der Waals surface area contributed by atoms with E-state index in [1.807, 2.05) is 0 Å². The molecule has 0 spiro atoms. The van der Waals surface area contributed by atoms with Crippen LogP contribution in [0.1, 0.15) is 25.8 Å². The van der Waals surface area contributed by atoms with Crippen LogP contribution in [0.4, 0.5) is 0 Å². The Bertz CT molecular complexity index is 493. The smallest absolute Gasteiger partial charge is 0.317 e. The molecule has 1 N–H and O–H groups in total. The van der Waals surface area contributed by atoms with Gasteiger partial charge in [0.2, 0.25) is 0 Å². The lowest BCUT2D eigenvalue weighted by molar-refractivity contribution is -0.154. The third-order valence-corrected chi connectivity index (χ3v) is 3.67. The topological polar surface area (TPSA) is 72.8 Å². The van der Waals surface area contributed by atoms with E-state index in [9.17, 15) is 14.7 Å². The van der Waals surface area contributed by atoms with Crippen molar-refractivity contribution in [2.75, 3.05) is 14.2 Å². The van der Waals surface area contributed by atoms with Crippen LogP contribution in [0.25, 0.3) is 0 Å². The number of Topliss-reactive ketones (excluding diaryl/α,β-unsaturated/α-hetero) is 1. The number of hydrogen-bond donors (Lipinski definition) is 1. The molecule has 110 valence electrons. The highest BCUT2D eigenvalue weighted by molar-refractivity contribution is 6.02. The van der Waals surface area contributed by atoms with Crippen molar-refractivity contribution in [3.8, 4) is 11.5 Å². The van der Waals surface area contributed by atoms with Crippen LogP contribution in [-0.4, -0.2) is 31.1 Å². The Hall–Kier alpha value is -2.04. The first kappa shape index (κ1) is 16.0. The zero-order valence-electron chi connectivity index (χ0n) is 12.2. The zero-order chi connectivity index (χ0) is 15.3. The van der Waals surface area contributed by atoms with Crippen LogP contribution < -0.4 is 9.47 Å². The van der Waals surface area contributed by atoms with E-state index in [1.54, 1.807) is 25.1 Å². The molecule has 0 bridgehead atoms. The lowest BCUT2D eigenvalue weighted by Gasteiger charge is -2.26. The van der Waals surface area contributed by atoms with Gasteiger partial charge in [-0.05, 0) is 43.5 Å². The number of rotatable bonds is 7. The highest BCUT2D eigenvalue weighted by Gasteiger charge is 2.42. The average molecular weight is 280 g/mol. The molecule has 5 nitrogen and oxygen atoms in total. The first-order valence-corrected chi connectivity index (χ1v) is 6.36. The number of carboxylic acid groups (broad SMARTS) is 1. The fourth-order valence-corrected chi connectivity index (χ4v) is 2.22. The minimum Gasteiger partial charge on any atom is -0.497 e. The molecule has 0 saturated carbocycles. The summed E-state index contributed by atoms with van der Waals surface area (Å²) in [5.74, 6) is -0.333. The summed E-state index contributed by atoms with van der Waals surface area (Å²) in [6.45, 7) is 3.01. The van der Waals surface area contributed by atoms with Gasteiger partial charge < -0.3 is 14.6 Å². The Balaban J connectivity index is 3.29. The molecule has 0 aliphatic carbocycles. The molecule has 1 aromatic carbocycles. The van der Waals surface area contributed by atoms with Gasteiger partial charge in [0, 0.05) is 0 Å². The zero-order valence-corrected chi connectivity index (χ0v) is 12.2. The number of hydrogen-bond acceptors (Lipinski definition) is 4. The van der Waals surface area contributed by atoms with Crippen LogP contribution in [-0.2, 0) is 16.0 Å². The third-order valence-electron chi connectivity index (χ3n) is 3.67. The molecule has 20 heavy (non-hydrogen) atoms. The van der Waals surface area contributed by atoms with E-state index in [-0.39, 0.29) is 18.6 Å². The van der Waals surface area contributed by atoms with Gasteiger partial charge in [-0.15, -0.1) is 0 Å². The summed E-state index contributed by atoms with van der Waals surface area (Å²) >= 11 is 0. The van der Waals surface area contributed by atoms with E-state index in [1.165, 1.54) is 21.1 Å². The van der Waals surface area contributed by atoms with Crippen LogP contribution in [0.5, 0.6) is 11.5 Å². The first-order valence-electron chi connectivity index (χ1n) is 6.36. The van der Waals surface area contributed by atoms with Crippen molar-refractivity contribution in [3.05, 3.63) is 23.8 Å². The Morgan fingerprint density at radius 1 is 1.25 bits per heavy atom. The van der Waals surface area contributed by atoms with E-state index < -0.39 is 11.4 Å². The van der Waals surface area contributed by atoms with Gasteiger partial charge in [0.15, 0.2) is 0 Å². The largest absolute Gasteiger partial charge is 0.497 e. The molecule has 1 aromatic rings. The van der Waals surface area contributed by atoms with Crippen molar-refractivity contribution in [3.63, 3.8) is 0 Å². The predicted octanol–water partition coefficient (Wildman–Crippen LogP) is 2.32. The summed E-state index contributed by atoms with van der Waals surface area (Å²) in [4.78, 5) is 23.4. The maximum atomic E-state index is 11.8. The molecule has 0 saturated heterocycles. The van der Waals surface area contributed by atoms with Gasteiger partial charge in [0.1, 0.15) is 22.7 Å². The molecule has 1 unspecified atom stereocenters. The quantitative estimate of drug-likeness (QED) is 0.776. The second kappa shape index (κ2) is 6.41. The van der Waals surface area contributed by atoms with Crippen LogP contribution >= 0.6 is 0 Å². The standard InChI is InChI=1S/C15H20O5/c1-5-15(10(2)16,14(17)18)9-11-8-12(19-3)6-7-13(11)20-4/h6-8H,5,9H2,1-4H3,(H,17,18). The van der Waals surface area contributed by atoms with Crippen LogP contribution in [0.3, 0.4) is 0 Å². The Labute approximate surface area is 118 Å². The molecule has 0 aliphatic heterocycles. The molecule has 0 radical (unpaired) electrons. The first-order chi connectivity index (χ1) is 9.41. The van der Waals surface area contributed by atoms with Crippen molar-refractivity contribution in [2.24, 2.45) is 5.41 Å². The number of carboxylic acids is 1. The Kier molecular flexibility index (Phi) is 5.13. The molecule has 0 fully saturated rings. The lowest BCUT2D eigenvalue weighted by atomic mass is 9.76. The SMILES string of the molecule is CCC(Cc1cc(OC)ccc1OC)(C(C)=O)C(=O)O. The molecule has 0 aromatic heterocycles. The lowest BCUT2D eigenvalue weighted by Crippen LogP contribution is -2.39. The molecular formula is C15H20O5. The number of aliphatic carboxylic acids is 1. The number of ketones is 1. The number of carbonyl (C=O) groups excluding carboxylic acids is 1. The summed E-state index contributed by atoms with van der Waals surface area (Å²) in [6.07, 6.45) is 0.298. The van der Waals surface area contributed by atoms with Crippen LogP contribution in [0.2, 0.25) is 0 Å². The Morgan fingerprint density at radius 2 is 1.90 bits per heavy atom. The van der Waals surface area contributed by atoms with Gasteiger partial charge in [0.25, 0.3) is 0 Å². The minimum absolute atomic E-state index is 0.0779. The van der Waals surface area contributed by atoms with Gasteiger partial charge in [-0.3, -0.25) is 9.59 Å². The van der Waals surface area contributed by atoms with Crippen molar-refractivity contribution in [2.45, 2.75) is 26.7 Å².